The molecule has 128 valence electrons. The van der Waals surface area contributed by atoms with Gasteiger partial charge in [-0.2, -0.15) is 17.5 Å². The Kier molecular flexibility index (Phi) is 4.69. The highest BCUT2D eigenvalue weighted by Gasteiger charge is 2.38. The molecule has 0 unspecified atom stereocenters. The molecular formula is C13H14F3NO5S. The molecule has 6 nitrogen and oxygen atoms in total. The summed E-state index contributed by atoms with van der Waals surface area (Å²) in [7, 11) is -4.12. The van der Waals surface area contributed by atoms with Crippen molar-refractivity contribution in [3.8, 4) is 0 Å². The molecule has 1 fully saturated rings. The van der Waals surface area contributed by atoms with Gasteiger partial charge >= 0.3 is 12.1 Å². The third-order valence-electron chi connectivity index (χ3n) is 3.68. The number of hydrogen-bond donors (Lipinski definition) is 2. The van der Waals surface area contributed by atoms with Crippen LogP contribution >= 0.6 is 0 Å². The molecule has 0 bridgehead atoms. The highest BCUT2D eigenvalue weighted by Crippen LogP contribution is 2.31. The van der Waals surface area contributed by atoms with Gasteiger partial charge in [-0.25, -0.2) is 8.42 Å². The van der Waals surface area contributed by atoms with Gasteiger partial charge in [-0.15, -0.1) is 0 Å². The van der Waals surface area contributed by atoms with Crippen molar-refractivity contribution in [3.63, 3.8) is 0 Å². The topological polar surface area (TPSA) is 94.9 Å². The van der Waals surface area contributed by atoms with Crippen molar-refractivity contribution in [2.45, 2.75) is 23.6 Å². The molecule has 0 aliphatic carbocycles. The summed E-state index contributed by atoms with van der Waals surface area (Å²) in [5.41, 5.74) is -0.978. The minimum Gasteiger partial charge on any atom is -0.481 e. The fourth-order valence-corrected chi connectivity index (χ4v) is 3.82. The summed E-state index contributed by atoms with van der Waals surface area (Å²) in [5.74, 6) is -2.60. The van der Waals surface area contributed by atoms with Gasteiger partial charge in [0.2, 0.25) is 10.0 Å². The molecular weight excluding hydrogens is 339 g/mol. The number of carbonyl (C=O) groups is 1. The molecule has 10 heteroatoms. The van der Waals surface area contributed by atoms with Crippen LogP contribution in [0.1, 0.15) is 12.0 Å². The molecule has 0 aromatic heterocycles. The third kappa shape index (κ3) is 3.65. The van der Waals surface area contributed by atoms with Gasteiger partial charge < -0.3 is 10.2 Å². The van der Waals surface area contributed by atoms with Gasteiger partial charge in [0, 0.05) is 13.1 Å². The molecule has 1 aliphatic rings. The SMILES string of the molecule is O=C(O)[C@H]1CN(S(=O)(=O)c2ccc(C(F)(F)F)cc2)CC[C@H]1O. The Balaban J connectivity index is 2.26. The predicted molar refractivity (Wildman–Crippen MR) is 72.0 cm³/mol. The number of halogens is 3. The van der Waals surface area contributed by atoms with E-state index in [1.165, 1.54) is 0 Å². The average molecular weight is 353 g/mol. The van der Waals surface area contributed by atoms with Gasteiger partial charge in [-0.1, -0.05) is 0 Å². The Hall–Kier alpha value is -1.65. The number of sulfonamides is 1. The number of nitrogens with zero attached hydrogens (tertiary/aromatic N) is 1. The number of aliphatic hydroxyl groups is 1. The van der Waals surface area contributed by atoms with Gasteiger partial charge in [-0.05, 0) is 30.7 Å². The van der Waals surface area contributed by atoms with E-state index in [9.17, 15) is 31.5 Å². The van der Waals surface area contributed by atoms with Crippen LogP contribution in [0.2, 0.25) is 0 Å². The lowest BCUT2D eigenvalue weighted by atomic mass is 9.96. The van der Waals surface area contributed by atoms with Crippen LogP contribution < -0.4 is 0 Å². The van der Waals surface area contributed by atoms with Crippen LogP contribution in [0.4, 0.5) is 13.2 Å². The number of hydrogen-bond acceptors (Lipinski definition) is 4. The summed E-state index contributed by atoms with van der Waals surface area (Å²) < 4.78 is 63.2. The Morgan fingerprint density at radius 3 is 2.26 bits per heavy atom. The van der Waals surface area contributed by atoms with Crippen LogP contribution in [0.3, 0.4) is 0 Å². The van der Waals surface area contributed by atoms with Crippen molar-refractivity contribution in [3.05, 3.63) is 29.8 Å². The van der Waals surface area contributed by atoms with E-state index in [1.807, 2.05) is 0 Å². The zero-order valence-corrected chi connectivity index (χ0v) is 12.5. The Bertz CT molecular complexity index is 687. The molecule has 1 aromatic rings. The minimum atomic E-state index is -4.58. The Labute approximate surface area is 130 Å². The second-order valence-corrected chi connectivity index (χ2v) is 7.12. The zero-order valence-electron chi connectivity index (χ0n) is 11.7. The van der Waals surface area contributed by atoms with Crippen molar-refractivity contribution < 1.29 is 36.6 Å². The van der Waals surface area contributed by atoms with Crippen LogP contribution in [-0.4, -0.2) is 48.1 Å². The summed E-state index contributed by atoms with van der Waals surface area (Å²) in [6.45, 7) is -0.534. The monoisotopic (exact) mass is 353 g/mol. The molecule has 0 amide bonds. The van der Waals surface area contributed by atoms with Crippen molar-refractivity contribution in [2.24, 2.45) is 5.92 Å². The molecule has 1 heterocycles. The average Bonchev–Trinajstić information content (AvgIpc) is 2.46. The lowest BCUT2D eigenvalue weighted by molar-refractivity contribution is -0.147. The first-order chi connectivity index (χ1) is 10.5. The van der Waals surface area contributed by atoms with Gasteiger partial charge in [0.1, 0.15) is 0 Å². The smallest absolute Gasteiger partial charge is 0.416 e. The first-order valence-electron chi connectivity index (χ1n) is 6.62. The van der Waals surface area contributed by atoms with Crippen LogP contribution in [0.25, 0.3) is 0 Å². The van der Waals surface area contributed by atoms with Gasteiger partial charge in [0.25, 0.3) is 0 Å². The van der Waals surface area contributed by atoms with Crippen molar-refractivity contribution in [1.82, 2.24) is 4.31 Å². The number of aliphatic hydroxyl groups excluding tert-OH is 1. The van der Waals surface area contributed by atoms with E-state index < -0.39 is 46.3 Å². The maximum Gasteiger partial charge on any atom is 0.416 e. The van der Waals surface area contributed by atoms with Gasteiger partial charge in [0.05, 0.1) is 22.5 Å². The van der Waals surface area contributed by atoms with E-state index in [1.54, 1.807) is 0 Å². The summed E-state index contributed by atoms with van der Waals surface area (Å²) >= 11 is 0. The molecule has 1 aromatic carbocycles. The predicted octanol–water partition coefficient (Wildman–Crippen LogP) is 1.16. The molecule has 0 spiro atoms. The fourth-order valence-electron chi connectivity index (χ4n) is 2.34. The molecule has 0 saturated carbocycles. The Morgan fingerprint density at radius 1 is 1.22 bits per heavy atom. The van der Waals surface area contributed by atoms with Gasteiger partial charge in [-0.3, -0.25) is 4.79 Å². The molecule has 1 saturated heterocycles. The number of piperidine rings is 1. The van der Waals surface area contributed by atoms with E-state index in [0.717, 1.165) is 16.4 Å². The maximum absolute atomic E-state index is 12.5. The van der Waals surface area contributed by atoms with E-state index >= 15 is 0 Å². The normalized spacial score (nSPS) is 23.7. The van der Waals surface area contributed by atoms with Crippen molar-refractivity contribution in [1.29, 1.82) is 0 Å². The standard InChI is InChI=1S/C13H14F3NO5S/c14-13(15,16)8-1-3-9(4-2-8)23(21,22)17-6-5-11(18)10(7-17)12(19)20/h1-4,10-11,18H,5-7H2,(H,19,20)/t10-,11+/m0/s1. The van der Waals surface area contributed by atoms with Crippen LogP contribution in [0.5, 0.6) is 0 Å². The highest BCUT2D eigenvalue weighted by molar-refractivity contribution is 7.89. The van der Waals surface area contributed by atoms with Crippen molar-refractivity contribution in [2.75, 3.05) is 13.1 Å². The quantitative estimate of drug-likeness (QED) is 0.850. The maximum atomic E-state index is 12.5. The van der Waals surface area contributed by atoms with E-state index in [2.05, 4.69) is 0 Å². The molecule has 2 rings (SSSR count). The summed E-state index contributed by atoms with van der Waals surface area (Å²) in [5, 5.41) is 18.6. The largest absolute Gasteiger partial charge is 0.481 e. The number of rotatable bonds is 3. The van der Waals surface area contributed by atoms with E-state index in [4.69, 9.17) is 5.11 Å². The molecule has 2 N–H and O–H groups in total. The molecule has 2 atom stereocenters. The molecule has 0 radical (unpaired) electrons. The number of alkyl halides is 3. The third-order valence-corrected chi connectivity index (χ3v) is 5.56. The lowest BCUT2D eigenvalue weighted by Gasteiger charge is -2.33. The van der Waals surface area contributed by atoms with Gasteiger partial charge in [0.15, 0.2) is 0 Å². The minimum absolute atomic E-state index is 0.0587. The molecule has 23 heavy (non-hydrogen) atoms. The summed E-state index contributed by atoms with van der Waals surface area (Å²) in [4.78, 5) is 10.7. The van der Waals surface area contributed by atoms with E-state index in [-0.39, 0.29) is 17.9 Å². The van der Waals surface area contributed by atoms with E-state index in [0.29, 0.717) is 12.1 Å². The first-order valence-corrected chi connectivity index (χ1v) is 8.06. The number of carboxylic acids is 1. The highest BCUT2D eigenvalue weighted by atomic mass is 32.2. The van der Waals surface area contributed by atoms with Crippen molar-refractivity contribution >= 4 is 16.0 Å². The number of benzene rings is 1. The summed E-state index contributed by atoms with van der Waals surface area (Å²) in [6.07, 6.45) is -5.80. The summed E-state index contributed by atoms with van der Waals surface area (Å²) in [6, 6.07) is 2.97. The van der Waals surface area contributed by atoms with Crippen LogP contribution in [0.15, 0.2) is 29.2 Å². The lowest BCUT2D eigenvalue weighted by Crippen LogP contribution is -2.48. The van der Waals surface area contributed by atoms with Crippen LogP contribution in [-0.2, 0) is 21.0 Å². The second-order valence-electron chi connectivity index (χ2n) is 5.19. The Morgan fingerprint density at radius 2 is 1.78 bits per heavy atom. The van der Waals surface area contributed by atoms with Crippen LogP contribution in [0, 0.1) is 5.92 Å². The number of aliphatic carboxylic acids is 1. The zero-order chi connectivity index (χ0) is 17.4. The molecule has 1 aliphatic heterocycles. The number of carboxylic acid groups (broad SMARTS) is 1. The second kappa shape index (κ2) is 6.10. The first kappa shape index (κ1) is 17.7. The fraction of sp³-hybridized carbons (Fsp3) is 0.462.